The van der Waals surface area contributed by atoms with Crippen molar-refractivity contribution in [2.24, 2.45) is 11.8 Å². The highest BCUT2D eigenvalue weighted by atomic mass is 35.5. The maximum atomic E-state index is 13.4. The topological polar surface area (TPSA) is 66.9 Å². The fraction of sp³-hybridized carbons (Fsp3) is 0.320. The van der Waals surface area contributed by atoms with E-state index in [1.54, 1.807) is 19.3 Å². The molecule has 2 atom stereocenters. The first-order chi connectivity index (χ1) is 15.5. The highest BCUT2D eigenvalue weighted by Crippen LogP contribution is 2.34. The molecule has 5 nitrogen and oxygen atoms in total. The number of nitrogens with one attached hydrogen (secondary N) is 2. The Morgan fingerprint density at radius 3 is 2.84 bits per heavy atom. The molecule has 2 N–H and O–H groups in total. The van der Waals surface area contributed by atoms with Gasteiger partial charge in [-0.05, 0) is 67.5 Å². The molecule has 166 valence electrons. The van der Waals surface area contributed by atoms with Gasteiger partial charge in [0.25, 0.3) is 0 Å². The number of pyridine rings is 2. The van der Waals surface area contributed by atoms with Crippen LogP contribution in [0.1, 0.15) is 30.5 Å². The lowest BCUT2D eigenvalue weighted by Gasteiger charge is -2.13. The van der Waals surface area contributed by atoms with Gasteiger partial charge >= 0.3 is 0 Å². The number of carbonyl (C=O) groups is 1. The molecule has 1 aromatic carbocycles. The van der Waals surface area contributed by atoms with Crippen LogP contribution in [0.2, 0.25) is 5.02 Å². The Bertz CT molecular complexity index is 1110. The van der Waals surface area contributed by atoms with E-state index in [1.165, 1.54) is 12.1 Å². The van der Waals surface area contributed by atoms with Crippen LogP contribution in [0.4, 0.5) is 10.2 Å². The lowest BCUT2D eigenvalue weighted by molar-refractivity contribution is -0.124. The van der Waals surface area contributed by atoms with Crippen molar-refractivity contribution in [2.45, 2.75) is 32.2 Å². The van der Waals surface area contributed by atoms with Crippen molar-refractivity contribution in [3.05, 3.63) is 76.8 Å². The number of aromatic nitrogens is 2. The van der Waals surface area contributed by atoms with Gasteiger partial charge in [0.2, 0.25) is 5.91 Å². The lowest BCUT2D eigenvalue weighted by atomic mass is 9.98. The van der Waals surface area contributed by atoms with E-state index in [4.69, 9.17) is 16.6 Å². The van der Waals surface area contributed by atoms with Crippen LogP contribution in [0, 0.1) is 17.7 Å². The van der Waals surface area contributed by atoms with Gasteiger partial charge in [0.1, 0.15) is 11.6 Å². The average Bonchev–Trinajstić information content (AvgIpc) is 3.27. The van der Waals surface area contributed by atoms with Crippen LogP contribution in [-0.4, -0.2) is 22.9 Å². The second-order valence-corrected chi connectivity index (χ2v) is 8.65. The molecular formula is C25H26ClFN4O. The van der Waals surface area contributed by atoms with Gasteiger partial charge in [-0.1, -0.05) is 29.8 Å². The molecule has 0 bridgehead atoms. The molecule has 1 amide bonds. The first-order valence-corrected chi connectivity index (χ1v) is 11.2. The molecule has 32 heavy (non-hydrogen) atoms. The number of carbonyl (C=O) groups excluding carboxylic acids is 1. The monoisotopic (exact) mass is 452 g/mol. The summed E-state index contributed by atoms with van der Waals surface area (Å²) >= 11 is 6.46. The summed E-state index contributed by atoms with van der Waals surface area (Å²) in [5.74, 6) is 1.09. The van der Waals surface area contributed by atoms with E-state index in [9.17, 15) is 9.18 Å². The maximum Gasteiger partial charge on any atom is 0.222 e. The molecule has 3 aromatic rings. The minimum absolute atomic E-state index is 0.0966. The molecule has 4 rings (SSSR count). The first-order valence-electron chi connectivity index (χ1n) is 10.8. The van der Waals surface area contributed by atoms with E-state index >= 15 is 0 Å². The molecule has 0 unspecified atom stereocenters. The molecular weight excluding hydrogens is 427 g/mol. The van der Waals surface area contributed by atoms with Gasteiger partial charge in [0.15, 0.2) is 0 Å². The fourth-order valence-electron chi connectivity index (χ4n) is 4.31. The Morgan fingerprint density at radius 1 is 1.19 bits per heavy atom. The zero-order valence-corrected chi connectivity index (χ0v) is 18.7. The number of amides is 1. The Hall–Kier alpha value is -2.99. The maximum absolute atomic E-state index is 13.4. The first kappa shape index (κ1) is 22.2. The largest absolute Gasteiger partial charge is 0.366 e. The second kappa shape index (κ2) is 10.1. The van der Waals surface area contributed by atoms with E-state index in [1.807, 2.05) is 30.3 Å². The number of nitrogens with zero attached hydrogens (tertiary/aromatic N) is 2. The predicted molar refractivity (Wildman–Crippen MR) is 125 cm³/mol. The van der Waals surface area contributed by atoms with E-state index in [2.05, 4.69) is 15.6 Å². The number of halogens is 2. The SMILES string of the molecule is CNC(=O)[C@@H]1CC[C@H](Cc2cc(-c3cccc(NCc4cccc(F)c4)n3)c(Cl)cn2)C1. The summed E-state index contributed by atoms with van der Waals surface area (Å²) in [7, 11) is 1.69. The summed E-state index contributed by atoms with van der Waals surface area (Å²) in [6.07, 6.45) is 5.32. The van der Waals surface area contributed by atoms with E-state index in [0.29, 0.717) is 23.3 Å². The van der Waals surface area contributed by atoms with Crippen LogP contribution in [0.25, 0.3) is 11.3 Å². The number of hydrogen-bond acceptors (Lipinski definition) is 4. The van der Waals surface area contributed by atoms with Crippen LogP contribution in [0.3, 0.4) is 0 Å². The summed E-state index contributed by atoms with van der Waals surface area (Å²) < 4.78 is 13.4. The van der Waals surface area contributed by atoms with E-state index in [-0.39, 0.29) is 17.6 Å². The highest BCUT2D eigenvalue weighted by molar-refractivity contribution is 6.33. The van der Waals surface area contributed by atoms with Crippen molar-refractivity contribution < 1.29 is 9.18 Å². The van der Waals surface area contributed by atoms with Crippen LogP contribution >= 0.6 is 11.6 Å². The van der Waals surface area contributed by atoms with Crippen molar-refractivity contribution in [3.63, 3.8) is 0 Å². The van der Waals surface area contributed by atoms with Crippen LogP contribution in [0.15, 0.2) is 54.7 Å². The van der Waals surface area contributed by atoms with Crippen molar-refractivity contribution in [2.75, 3.05) is 12.4 Å². The Balaban J connectivity index is 1.46. The molecule has 1 fully saturated rings. The van der Waals surface area contributed by atoms with E-state index < -0.39 is 0 Å². The number of anilines is 1. The molecule has 0 aliphatic heterocycles. The minimum Gasteiger partial charge on any atom is -0.366 e. The fourth-order valence-corrected chi connectivity index (χ4v) is 4.51. The van der Waals surface area contributed by atoms with Crippen LogP contribution < -0.4 is 10.6 Å². The number of rotatable bonds is 7. The Labute approximate surface area is 192 Å². The summed E-state index contributed by atoms with van der Waals surface area (Å²) in [4.78, 5) is 21.1. The molecule has 1 aliphatic carbocycles. The van der Waals surface area contributed by atoms with Gasteiger partial charge < -0.3 is 10.6 Å². The van der Waals surface area contributed by atoms with E-state index in [0.717, 1.165) is 48.2 Å². The smallest absolute Gasteiger partial charge is 0.222 e. The molecule has 0 saturated heterocycles. The van der Waals surface area contributed by atoms with Crippen molar-refractivity contribution >= 4 is 23.3 Å². The Morgan fingerprint density at radius 2 is 2.03 bits per heavy atom. The van der Waals surface area contributed by atoms with Crippen molar-refractivity contribution in [1.29, 1.82) is 0 Å². The van der Waals surface area contributed by atoms with Crippen LogP contribution in [-0.2, 0) is 17.8 Å². The van der Waals surface area contributed by atoms with Gasteiger partial charge in [0.05, 0.1) is 10.7 Å². The third-order valence-electron chi connectivity index (χ3n) is 5.96. The molecule has 2 aromatic heterocycles. The number of hydrogen-bond donors (Lipinski definition) is 2. The molecule has 0 spiro atoms. The summed E-state index contributed by atoms with van der Waals surface area (Å²) in [5, 5.41) is 6.53. The highest BCUT2D eigenvalue weighted by Gasteiger charge is 2.29. The summed E-state index contributed by atoms with van der Waals surface area (Å²) in [6.45, 7) is 0.470. The summed E-state index contributed by atoms with van der Waals surface area (Å²) in [6, 6.07) is 14.2. The summed E-state index contributed by atoms with van der Waals surface area (Å²) in [5.41, 5.74) is 3.37. The standard InChI is InChI=1S/C25H26ClFN4O/c1-28-25(32)18-9-8-16(10-18)12-20-13-21(22(26)15-29-20)23-6-3-7-24(31-23)30-14-17-4-2-5-19(27)11-17/h2-7,11,13,15-16,18H,8-10,12,14H2,1H3,(H,28,32)(H,30,31)/t16-,18+/m0/s1. The number of benzene rings is 1. The zero-order chi connectivity index (χ0) is 22.5. The van der Waals surface area contributed by atoms with Gasteiger partial charge in [0, 0.05) is 37.0 Å². The predicted octanol–water partition coefficient (Wildman–Crippen LogP) is 5.25. The van der Waals surface area contributed by atoms with Gasteiger partial charge in [-0.2, -0.15) is 0 Å². The Kier molecular flexibility index (Phi) is 7.00. The second-order valence-electron chi connectivity index (χ2n) is 8.24. The quantitative estimate of drug-likeness (QED) is 0.513. The normalized spacial score (nSPS) is 17.8. The van der Waals surface area contributed by atoms with Crippen molar-refractivity contribution in [3.8, 4) is 11.3 Å². The zero-order valence-electron chi connectivity index (χ0n) is 17.9. The average molecular weight is 453 g/mol. The molecule has 2 heterocycles. The molecule has 0 radical (unpaired) electrons. The molecule has 1 saturated carbocycles. The third kappa shape index (κ3) is 5.43. The van der Waals surface area contributed by atoms with Crippen LogP contribution in [0.5, 0.6) is 0 Å². The third-order valence-corrected chi connectivity index (χ3v) is 6.26. The van der Waals surface area contributed by atoms with Gasteiger partial charge in [-0.3, -0.25) is 9.78 Å². The molecule has 7 heteroatoms. The van der Waals surface area contributed by atoms with Gasteiger partial charge in [-0.15, -0.1) is 0 Å². The minimum atomic E-state index is -0.258. The van der Waals surface area contributed by atoms with Gasteiger partial charge in [-0.25, -0.2) is 9.37 Å². The lowest BCUT2D eigenvalue weighted by Crippen LogP contribution is -2.25. The molecule has 1 aliphatic rings. The van der Waals surface area contributed by atoms with Crippen molar-refractivity contribution in [1.82, 2.24) is 15.3 Å².